The third kappa shape index (κ3) is 4.67. The Labute approximate surface area is 162 Å². The first-order valence-electron chi connectivity index (χ1n) is 8.85. The average Bonchev–Trinajstić information content (AvgIpc) is 2.97. The molecule has 0 aliphatic carbocycles. The van der Waals surface area contributed by atoms with Crippen molar-refractivity contribution in [1.82, 2.24) is 5.32 Å². The van der Waals surface area contributed by atoms with Crippen molar-refractivity contribution >= 4 is 28.3 Å². The maximum Gasteiger partial charge on any atom is 0.341 e. The lowest BCUT2D eigenvalue weighted by atomic mass is 9.93. The first-order chi connectivity index (χ1) is 12.9. The highest BCUT2D eigenvalue weighted by Crippen LogP contribution is 2.40. The van der Waals surface area contributed by atoms with E-state index in [9.17, 15) is 9.59 Å². The number of carbonyl (C=O) groups excluding carboxylic acids is 2. The van der Waals surface area contributed by atoms with Crippen molar-refractivity contribution in [3.05, 3.63) is 51.9 Å². The zero-order chi connectivity index (χ0) is 19.4. The minimum absolute atomic E-state index is 0.338. The third-order valence-corrected chi connectivity index (χ3v) is 5.57. The van der Waals surface area contributed by atoms with Gasteiger partial charge in [0.05, 0.1) is 24.9 Å². The molecule has 7 heteroatoms. The second kappa shape index (κ2) is 8.10. The normalized spacial score (nSPS) is 14.9. The van der Waals surface area contributed by atoms with E-state index in [0.717, 1.165) is 22.4 Å². The van der Waals surface area contributed by atoms with Gasteiger partial charge in [-0.15, -0.1) is 11.3 Å². The monoisotopic (exact) mass is 388 g/mol. The Bertz CT molecular complexity index is 830. The van der Waals surface area contributed by atoms with Gasteiger partial charge in [0.2, 0.25) is 0 Å². The molecule has 1 aliphatic rings. The summed E-state index contributed by atoms with van der Waals surface area (Å²) >= 11 is 1.37. The van der Waals surface area contributed by atoms with E-state index in [0.29, 0.717) is 30.1 Å². The van der Waals surface area contributed by atoms with Crippen molar-refractivity contribution in [3.8, 4) is 0 Å². The molecule has 144 valence electrons. The number of hydrogen-bond acceptors (Lipinski definition) is 5. The molecule has 2 amide bonds. The lowest BCUT2D eigenvalue weighted by Crippen LogP contribution is -2.32. The second-order valence-electron chi connectivity index (χ2n) is 7.04. The number of rotatable bonds is 5. The van der Waals surface area contributed by atoms with Crippen molar-refractivity contribution in [2.24, 2.45) is 0 Å². The number of anilines is 1. The van der Waals surface area contributed by atoms with Crippen molar-refractivity contribution in [3.63, 3.8) is 0 Å². The summed E-state index contributed by atoms with van der Waals surface area (Å²) in [6, 6.07) is 9.60. The standard InChI is InChI=1S/C20H24N2O4S/c1-20(2)11-14-15(12-26-20)27-17(16(14)18(23)25-3)22-19(24)21-10-9-13-7-5-4-6-8-13/h4-8H,9-12H2,1-3H3,(H2,21,22,24). The zero-order valence-electron chi connectivity index (χ0n) is 15.8. The van der Waals surface area contributed by atoms with E-state index in [-0.39, 0.29) is 11.6 Å². The van der Waals surface area contributed by atoms with Crippen LogP contribution in [-0.2, 0) is 28.9 Å². The molecule has 0 unspecified atom stereocenters. The van der Waals surface area contributed by atoms with Crippen LogP contribution in [0.25, 0.3) is 0 Å². The van der Waals surface area contributed by atoms with Gasteiger partial charge in [0, 0.05) is 17.8 Å². The number of ether oxygens (including phenoxy) is 2. The highest BCUT2D eigenvalue weighted by atomic mass is 32.1. The number of thiophene rings is 1. The number of fused-ring (bicyclic) bond motifs is 1. The molecule has 2 N–H and O–H groups in total. The molecular formula is C20H24N2O4S. The fourth-order valence-corrected chi connectivity index (χ4v) is 4.19. The predicted molar refractivity (Wildman–Crippen MR) is 105 cm³/mol. The van der Waals surface area contributed by atoms with Gasteiger partial charge in [-0.2, -0.15) is 0 Å². The molecule has 3 rings (SSSR count). The topological polar surface area (TPSA) is 76.7 Å². The minimum Gasteiger partial charge on any atom is -0.465 e. The first kappa shape index (κ1) is 19.4. The summed E-state index contributed by atoms with van der Waals surface area (Å²) < 4.78 is 10.8. The summed E-state index contributed by atoms with van der Waals surface area (Å²) in [5.74, 6) is -0.440. The van der Waals surface area contributed by atoms with Gasteiger partial charge >= 0.3 is 12.0 Å². The second-order valence-corrected chi connectivity index (χ2v) is 8.15. The van der Waals surface area contributed by atoms with Gasteiger partial charge in [-0.3, -0.25) is 5.32 Å². The van der Waals surface area contributed by atoms with Crippen molar-refractivity contribution in [1.29, 1.82) is 0 Å². The molecule has 2 aromatic rings. The molecule has 2 heterocycles. The van der Waals surface area contributed by atoms with Crippen LogP contribution in [0.5, 0.6) is 0 Å². The van der Waals surface area contributed by atoms with Gasteiger partial charge in [-0.25, -0.2) is 9.59 Å². The van der Waals surface area contributed by atoms with Gasteiger partial charge in [0.15, 0.2) is 0 Å². The van der Waals surface area contributed by atoms with Gasteiger partial charge in [-0.1, -0.05) is 30.3 Å². The summed E-state index contributed by atoms with van der Waals surface area (Å²) in [6.45, 7) is 4.90. The Kier molecular flexibility index (Phi) is 5.82. The van der Waals surface area contributed by atoms with Gasteiger partial charge in [0.25, 0.3) is 0 Å². The lowest BCUT2D eigenvalue weighted by molar-refractivity contribution is -0.0384. The van der Waals surface area contributed by atoms with Crippen LogP contribution in [-0.4, -0.2) is 31.3 Å². The number of methoxy groups -OCH3 is 1. The zero-order valence-corrected chi connectivity index (χ0v) is 16.6. The maximum absolute atomic E-state index is 12.3. The lowest BCUT2D eigenvalue weighted by Gasteiger charge is -2.30. The van der Waals surface area contributed by atoms with Crippen LogP contribution >= 0.6 is 11.3 Å². The number of nitrogens with one attached hydrogen (secondary N) is 2. The average molecular weight is 388 g/mol. The number of hydrogen-bond donors (Lipinski definition) is 2. The molecule has 1 aromatic heterocycles. The van der Waals surface area contributed by atoms with Crippen LogP contribution in [0.3, 0.4) is 0 Å². The Morgan fingerprint density at radius 3 is 2.70 bits per heavy atom. The summed E-state index contributed by atoms with van der Waals surface area (Å²) in [6.07, 6.45) is 1.33. The fourth-order valence-electron chi connectivity index (χ4n) is 3.07. The van der Waals surface area contributed by atoms with Crippen LogP contribution in [0.1, 0.15) is 40.2 Å². The van der Waals surface area contributed by atoms with Gasteiger partial charge < -0.3 is 14.8 Å². The van der Waals surface area contributed by atoms with Crippen molar-refractivity contribution < 1.29 is 19.1 Å². The van der Waals surface area contributed by atoms with E-state index in [1.54, 1.807) is 0 Å². The van der Waals surface area contributed by atoms with E-state index >= 15 is 0 Å². The Morgan fingerprint density at radius 2 is 2.00 bits per heavy atom. The van der Waals surface area contributed by atoms with E-state index < -0.39 is 5.97 Å². The molecule has 0 fully saturated rings. The minimum atomic E-state index is -0.440. The molecule has 1 aliphatic heterocycles. The number of esters is 1. The molecule has 6 nitrogen and oxygen atoms in total. The summed E-state index contributed by atoms with van der Waals surface area (Å²) in [7, 11) is 1.35. The van der Waals surface area contributed by atoms with Crippen molar-refractivity contribution in [2.75, 3.05) is 19.0 Å². The molecule has 0 saturated heterocycles. The van der Waals surface area contributed by atoms with Crippen LogP contribution in [0.15, 0.2) is 30.3 Å². The predicted octanol–water partition coefficient (Wildman–Crippen LogP) is 3.75. The summed E-state index contributed by atoms with van der Waals surface area (Å²) in [5, 5.41) is 6.15. The molecule has 0 radical (unpaired) electrons. The Morgan fingerprint density at radius 1 is 1.26 bits per heavy atom. The summed E-state index contributed by atoms with van der Waals surface area (Å²) in [5.41, 5.74) is 2.14. The number of benzene rings is 1. The molecule has 0 bridgehead atoms. The quantitative estimate of drug-likeness (QED) is 0.765. The van der Waals surface area contributed by atoms with Crippen molar-refractivity contribution in [2.45, 2.75) is 38.9 Å². The van der Waals surface area contributed by atoms with Gasteiger partial charge in [-0.05, 0) is 31.4 Å². The molecule has 0 saturated carbocycles. The number of urea groups is 1. The Balaban J connectivity index is 1.69. The smallest absolute Gasteiger partial charge is 0.341 e. The van der Waals surface area contributed by atoms with Crippen LogP contribution in [0, 0.1) is 0 Å². The maximum atomic E-state index is 12.3. The first-order valence-corrected chi connectivity index (χ1v) is 9.67. The largest absolute Gasteiger partial charge is 0.465 e. The van der Waals surface area contributed by atoms with Crippen LogP contribution in [0.4, 0.5) is 9.80 Å². The van der Waals surface area contributed by atoms with E-state index in [1.807, 2.05) is 44.2 Å². The van der Waals surface area contributed by atoms with E-state index in [4.69, 9.17) is 9.47 Å². The molecule has 0 spiro atoms. The van der Waals surface area contributed by atoms with Gasteiger partial charge in [0.1, 0.15) is 5.00 Å². The van der Waals surface area contributed by atoms with E-state index in [1.165, 1.54) is 18.4 Å². The fraction of sp³-hybridized carbons (Fsp3) is 0.400. The van der Waals surface area contributed by atoms with E-state index in [2.05, 4.69) is 10.6 Å². The highest BCUT2D eigenvalue weighted by Gasteiger charge is 2.34. The number of carbonyl (C=O) groups is 2. The van der Waals surface area contributed by atoms with Crippen LogP contribution < -0.4 is 10.6 Å². The molecule has 0 atom stereocenters. The van der Waals surface area contributed by atoms with Crippen LogP contribution in [0.2, 0.25) is 0 Å². The molecule has 1 aromatic carbocycles. The number of amides is 2. The molecular weight excluding hydrogens is 364 g/mol. The SMILES string of the molecule is COC(=O)c1c(NC(=O)NCCc2ccccc2)sc2c1CC(C)(C)OC2. The summed E-state index contributed by atoms with van der Waals surface area (Å²) in [4.78, 5) is 25.6. The Hall–Kier alpha value is -2.38. The molecule has 27 heavy (non-hydrogen) atoms. The third-order valence-electron chi connectivity index (χ3n) is 4.45. The highest BCUT2D eigenvalue weighted by molar-refractivity contribution is 7.17.